The predicted octanol–water partition coefficient (Wildman–Crippen LogP) is 3.51. The Hall–Kier alpha value is -2.21. The van der Waals surface area contributed by atoms with E-state index in [1.807, 2.05) is 18.2 Å². The highest BCUT2D eigenvalue weighted by Crippen LogP contribution is 2.24. The first-order chi connectivity index (χ1) is 10.6. The third kappa shape index (κ3) is 4.66. The SMILES string of the molecule is CC(Oc1ccccc1Br)C(=O)NN=Cc1cccc(F)c1. The van der Waals surface area contributed by atoms with Gasteiger partial charge in [0, 0.05) is 0 Å². The Balaban J connectivity index is 1.90. The predicted molar refractivity (Wildman–Crippen MR) is 86.4 cm³/mol. The van der Waals surface area contributed by atoms with Crippen molar-refractivity contribution in [1.29, 1.82) is 0 Å². The van der Waals surface area contributed by atoms with E-state index < -0.39 is 12.0 Å². The van der Waals surface area contributed by atoms with E-state index >= 15 is 0 Å². The number of carbonyl (C=O) groups is 1. The lowest BCUT2D eigenvalue weighted by atomic mass is 10.2. The molecule has 0 bridgehead atoms. The highest BCUT2D eigenvalue weighted by molar-refractivity contribution is 9.10. The third-order valence-corrected chi connectivity index (χ3v) is 3.40. The molecule has 0 radical (unpaired) electrons. The van der Waals surface area contributed by atoms with E-state index in [2.05, 4.69) is 26.5 Å². The van der Waals surface area contributed by atoms with Gasteiger partial charge in [-0.05, 0) is 52.7 Å². The Morgan fingerprint density at radius 1 is 1.32 bits per heavy atom. The van der Waals surface area contributed by atoms with Crippen molar-refractivity contribution >= 4 is 28.1 Å². The van der Waals surface area contributed by atoms with E-state index in [4.69, 9.17) is 4.74 Å². The van der Waals surface area contributed by atoms with Gasteiger partial charge in [-0.25, -0.2) is 9.82 Å². The molecule has 0 heterocycles. The lowest BCUT2D eigenvalue weighted by molar-refractivity contribution is -0.127. The molecule has 1 amide bonds. The summed E-state index contributed by atoms with van der Waals surface area (Å²) < 4.78 is 19.3. The largest absolute Gasteiger partial charge is 0.480 e. The van der Waals surface area contributed by atoms with Gasteiger partial charge in [0.2, 0.25) is 0 Å². The summed E-state index contributed by atoms with van der Waals surface area (Å²) in [6.45, 7) is 1.62. The number of benzene rings is 2. The summed E-state index contributed by atoms with van der Waals surface area (Å²) in [5, 5.41) is 3.78. The van der Waals surface area contributed by atoms with Crippen LogP contribution in [-0.2, 0) is 4.79 Å². The second-order valence-electron chi connectivity index (χ2n) is 4.48. The minimum absolute atomic E-state index is 0.360. The standard InChI is InChI=1S/C16H14BrFN2O2/c1-11(22-15-8-3-2-7-14(15)17)16(21)20-19-10-12-5-4-6-13(18)9-12/h2-11H,1H3,(H,20,21). The van der Waals surface area contributed by atoms with Crippen LogP contribution in [0.3, 0.4) is 0 Å². The molecule has 114 valence electrons. The zero-order valence-corrected chi connectivity index (χ0v) is 13.4. The summed E-state index contributed by atoms with van der Waals surface area (Å²) in [7, 11) is 0. The maximum absolute atomic E-state index is 13.0. The molecule has 22 heavy (non-hydrogen) atoms. The molecule has 0 fully saturated rings. The number of ether oxygens (including phenoxy) is 1. The maximum atomic E-state index is 13.0. The molecule has 2 rings (SSSR count). The Labute approximate surface area is 136 Å². The van der Waals surface area contributed by atoms with Crippen LogP contribution in [-0.4, -0.2) is 18.2 Å². The van der Waals surface area contributed by atoms with Gasteiger partial charge in [-0.15, -0.1) is 0 Å². The fourth-order valence-electron chi connectivity index (χ4n) is 1.63. The molecule has 6 heteroatoms. The molecule has 0 saturated heterocycles. The molecule has 2 aromatic rings. The molecule has 0 saturated carbocycles. The number of para-hydroxylation sites is 1. The summed E-state index contributed by atoms with van der Waals surface area (Å²) in [4.78, 5) is 11.9. The molecule has 4 nitrogen and oxygen atoms in total. The van der Waals surface area contributed by atoms with Gasteiger partial charge in [0.1, 0.15) is 11.6 Å². The number of halogens is 2. The minimum atomic E-state index is -0.719. The summed E-state index contributed by atoms with van der Waals surface area (Å²) >= 11 is 3.34. The number of carbonyl (C=O) groups excluding carboxylic acids is 1. The molecule has 0 spiro atoms. The van der Waals surface area contributed by atoms with Crippen LogP contribution in [0.5, 0.6) is 5.75 Å². The monoisotopic (exact) mass is 364 g/mol. The molecule has 0 aliphatic heterocycles. The number of amides is 1. The third-order valence-electron chi connectivity index (χ3n) is 2.75. The fraction of sp³-hybridized carbons (Fsp3) is 0.125. The van der Waals surface area contributed by atoms with E-state index in [0.29, 0.717) is 11.3 Å². The number of nitrogens with one attached hydrogen (secondary N) is 1. The molecule has 0 aliphatic carbocycles. The molecular formula is C16H14BrFN2O2. The number of rotatable bonds is 5. The smallest absolute Gasteiger partial charge is 0.280 e. The molecule has 0 aliphatic rings. The van der Waals surface area contributed by atoms with Gasteiger partial charge in [0.25, 0.3) is 5.91 Å². The molecule has 1 atom stereocenters. The van der Waals surface area contributed by atoms with Crippen LogP contribution in [0.15, 0.2) is 58.1 Å². The van der Waals surface area contributed by atoms with Crippen molar-refractivity contribution < 1.29 is 13.9 Å². The normalized spacial score (nSPS) is 12.1. The summed E-state index contributed by atoms with van der Waals surface area (Å²) in [6, 6.07) is 13.1. The van der Waals surface area contributed by atoms with Crippen molar-refractivity contribution in [2.75, 3.05) is 0 Å². The van der Waals surface area contributed by atoms with Crippen molar-refractivity contribution in [2.24, 2.45) is 5.10 Å². The lowest BCUT2D eigenvalue weighted by Gasteiger charge is -2.13. The first-order valence-electron chi connectivity index (χ1n) is 6.56. The first-order valence-corrected chi connectivity index (χ1v) is 7.35. The Kier molecular flexibility index (Phi) is 5.66. The zero-order chi connectivity index (χ0) is 15.9. The summed E-state index contributed by atoms with van der Waals surface area (Å²) in [6.07, 6.45) is 0.648. The van der Waals surface area contributed by atoms with E-state index in [0.717, 1.165) is 4.47 Å². The van der Waals surface area contributed by atoms with Gasteiger partial charge < -0.3 is 4.74 Å². The lowest BCUT2D eigenvalue weighted by Crippen LogP contribution is -2.33. The average Bonchev–Trinajstić information content (AvgIpc) is 2.49. The van der Waals surface area contributed by atoms with E-state index in [-0.39, 0.29) is 5.82 Å². The molecular weight excluding hydrogens is 351 g/mol. The minimum Gasteiger partial charge on any atom is -0.480 e. The number of hydrogen-bond acceptors (Lipinski definition) is 3. The highest BCUT2D eigenvalue weighted by Gasteiger charge is 2.14. The summed E-state index contributed by atoms with van der Waals surface area (Å²) in [5.41, 5.74) is 2.91. The average molecular weight is 365 g/mol. The van der Waals surface area contributed by atoms with Gasteiger partial charge in [0.05, 0.1) is 10.7 Å². The quantitative estimate of drug-likeness (QED) is 0.651. The first kappa shape index (κ1) is 16.2. The molecule has 1 N–H and O–H groups in total. The Bertz CT molecular complexity index is 691. The number of hydrazone groups is 1. The fourth-order valence-corrected chi connectivity index (χ4v) is 2.01. The van der Waals surface area contributed by atoms with Gasteiger partial charge in [-0.2, -0.15) is 5.10 Å². The van der Waals surface area contributed by atoms with E-state index in [9.17, 15) is 9.18 Å². The van der Waals surface area contributed by atoms with Crippen LogP contribution in [0, 0.1) is 5.82 Å². The topological polar surface area (TPSA) is 50.7 Å². The van der Waals surface area contributed by atoms with Crippen LogP contribution in [0.25, 0.3) is 0 Å². The molecule has 2 aromatic carbocycles. The van der Waals surface area contributed by atoms with Crippen LogP contribution in [0.1, 0.15) is 12.5 Å². The number of hydrogen-bond donors (Lipinski definition) is 1. The van der Waals surface area contributed by atoms with E-state index in [1.165, 1.54) is 18.3 Å². The van der Waals surface area contributed by atoms with Crippen molar-refractivity contribution in [3.8, 4) is 5.75 Å². The van der Waals surface area contributed by atoms with Crippen molar-refractivity contribution in [3.63, 3.8) is 0 Å². The van der Waals surface area contributed by atoms with Crippen LogP contribution < -0.4 is 10.2 Å². The van der Waals surface area contributed by atoms with E-state index in [1.54, 1.807) is 25.1 Å². The van der Waals surface area contributed by atoms with Crippen molar-refractivity contribution in [3.05, 3.63) is 64.4 Å². The Morgan fingerprint density at radius 3 is 2.82 bits per heavy atom. The van der Waals surface area contributed by atoms with Gasteiger partial charge in [0.15, 0.2) is 6.10 Å². The molecule has 1 unspecified atom stereocenters. The van der Waals surface area contributed by atoms with Crippen molar-refractivity contribution in [1.82, 2.24) is 5.43 Å². The van der Waals surface area contributed by atoms with Gasteiger partial charge >= 0.3 is 0 Å². The van der Waals surface area contributed by atoms with Gasteiger partial charge in [-0.3, -0.25) is 4.79 Å². The second kappa shape index (κ2) is 7.70. The second-order valence-corrected chi connectivity index (χ2v) is 5.33. The Morgan fingerprint density at radius 2 is 2.09 bits per heavy atom. The summed E-state index contributed by atoms with van der Waals surface area (Å²) in [5.74, 6) is -0.191. The van der Waals surface area contributed by atoms with Crippen LogP contribution in [0.2, 0.25) is 0 Å². The van der Waals surface area contributed by atoms with Crippen LogP contribution >= 0.6 is 15.9 Å². The maximum Gasteiger partial charge on any atom is 0.280 e. The van der Waals surface area contributed by atoms with Crippen LogP contribution in [0.4, 0.5) is 4.39 Å². The van der Waals surface area contributed by atoms with Gasteiger partial charge in [-0.1, -0.05) is 24.3 Å². The zero-order valence-electron chi connectivity index (χ0n) is 11.8. The van der Waals surface area contributed by atoms with Crippen molar-refractivity contribution in [2.45, 2.75) is 13.0 Å². The number of nitrogens with zero attached hydrogens (tertiary/aromatic N) is 1. The molecule has 0 aromatic heterocycles. The highest BCUT2D eigenvalue weighted by atomic mass is 79.9.